The van der Waals surface area contributed by atoms with E-state index in [1.54, 1.807) is 0 Å². The second kappa shape index (κ2) is 7.84. The molecule has 112 valence electrons. The fourth-order valence-corrected chi connectivity index (χ4v) is 2.31. The Morgan fingerprint density at radius 3 is 2.19 bits per heavy atom. The molecule has 0 amide bonds. The molecule has 0 saturated carbocycles. The quantitative estimate of drug-likeness (QED) is 0.812. The van der Waals surface area contributed by atoms with Crippen molar-refractivity contribution in [2.45, 2.75) is 45.3 Å². The van der Waals surface area contributed by atoms with E-state index < -0.39 is 0 Å². The molecular weight excluding hydrogens is 258 g/mol. The summed E-state index contributed by atoms with van der Waals surface area (Å²) in [4.78, 5) is 0. The van der Waals surface area contributed by atoms with Gasteiger partial charge in [0.1, 0.15) is 12.4 Å². The van der Waals surface area contributed by atoms with E-state index in [0.29, 0.717) is 12.5 Å². The molecule has 0 aliphatic heterocycles. The van der Waals surface area contributed by atoms with Gasteiger partial charge in [0.15, 0.2) is 0 Å². The molecule has 2 nitrogen and oxygen atoms in total. The summed E-state index contributed by atoms with van der Waals surface area (Å²) in [5, 5.41) is 0. The zero-order chi connectivity index (χ0) is 15.1. The summed E-state index contributed by atoms with van der Waals surface area (Å²) in [6.45, 7) is 4.93. The van der Waals surface area contributed by atoms with E-state index in [1.807, 2.05) is 18.2 Å². The lowest BCUT2D eigenvalue weighted by molar-refractivity contribution is 0.306. The van der Waals surface area contributed by atoms with E-state index in [1.165, 1.54) is 11.1 Å². The number of hydrogen-bond acceptors (Lipinski definition) is 2. The van der Waals surface area contributed by atoms with Gasteiger partial charge in [0.2, 0.25) is 0 Å². The second-order valence-electron chi connectivity index (χ2n) is 5.80. The van der Waals surface area contributed by atoms with Gasteiger partial charge in [-0.3, -0.25) is 0 Å². The molecule has 2 N–H and O–H groups in total. The number of ether oxygens (including phenoxy) is 1. The third-order valence-corrected chi connectivity index (χ3v) is 3.75. The zero-order valence-corrected chi connectivity index (χ0v) is 13.0. The highest BCUT2D eigenvalue weighted by Gasteiger charge is 2.07. The Morgan fingerprint density at radius 1 is 0.905 bits per heavy atom. The van der Waals surface area contributed by atoms with Crippen molar-refractivity contribution in [2.24, 2.45) is 5.73 Å². The van der Waals surface area contributed by atoms with Crippen LogP contribution < -0.4 is 10.5 Å². The lowest BCUT2D eigenvalue weighted by atomic mass is 9.95. The highest BCUT2D eigenvalue weighted by molar-refractivity contribution is 5.29. The van der Waals surface area contributed by atoms with Gasteiger partial charge in [0, 0.05) is 6.04 Å². The van der Waals surface area contributed by atoms with Crippen LogP contribution >= 0.6 is 0 Å². The smallest absolute Gasteiger partial charge is 0.119 e. The van der Waals surface area contributed by atoms with Gasteiger partial charge in [0.25, 0.3) is 0 Å². The van der Waals surface area contributed by atoms with Crippen molar-refractivity contribution in [3.05, 3.63) is 65.7 Å². The van der Waals surface area contributed by atoms with E-state index in [0.717, 1.165) is 18.6 Å². The first kappa shape index (κ1) is 15.6. The lowest BCUT2D eigenvalue weighted by Crippen LogP contribution is -2.15. The Balaban J connectivity index is 1.87. The number of rotatable bonds is 7. The maximum Gasteiger partial charge on any atom is 0.119 e. The molecule has 0 aromatic heterocycles. The average Bonchev–Trinajstić information content (AvgIpc) is 2.52. The van der Waals surface area contributed by atoms with Crippen molar-refractivity contribution in [2.75, 3.05) is 0 Å². The molecule has 0 aliphatic carbocycles. The SMILES string of the molecule is CC(N)CCC(C)c1ccc(OCc2ccccc2)cc1. The summed E-state index contributed by atoms with van der Waals surface area (Å²) in [7, 11) is 0. The van der Waals surface area contributed by atoms with E-state index >= 15 is 0 Å². The van der Waals surface area contributed by atoms with Gasteiger partial charge in [-0.2, -0.15) is 0 Å². The van der Waals surface area contributed by atoms with Crippen molar-refractivity contribution in [3.8, 4) is 5.75 Å². The van der Waals surface area contributed by atoms with Gasteiger partial charge in [-0.25, -0.2) is 0 Å². The average molecular weight is 283 g/mol. The minimum Gasteiger partial charge on any atom is -0.489 e. The molecule has 2 aromatic carbocycles. The fourth-order valence-electron chi connectivity index (χ4n) is 2.31. The molecule has 0 spiro atoms. The number of benzene rings is 2. The molecule has 2 atom stereocenters. The minimum absolute atomic E-state index is 0.279. The molecule has 0 heterocycles. The Labute approximate surface area is 127 Å². The summed E-state index contributed by atoms with van der Waals surface area (Å²) in [5.74, 6) is 1.46. The van der Waals surface area contributed by atoms with Crippen molar-refractivity contribution in [1.82, 2.24) is 0 Å². The van der Waals surface area contributed by atoms with Crippen LogP contribution in [0.1, 0.15) is 43.7 Å². The molecule has 0 radical (unpaired) electrons. The molecule has 2 heteroatoms. The largest absolute Gasteiger partial charge is 0.489 e. The van der Waals surface area contributed by atoms with E-state index in [9.17, 15) is 0 Å². The van der Waals surface area contributed by atoms with Gasteiger partial charge in [-0.1, -0.05) is 49.4 Å². The van der Waals surface area contributed by atoms with Crippen LogP contribution in [0.2, 0.25) is 0 Å². The normalized spacial score (nSPS) is 13.7. The minimum atomic E-state index is 0.279. The van der Waals surface area contributed by atoms with E-state index in [4.69, 9.17) is 10.5 Å². The lowest BCUT2D eigenvalue weighted by Gasteiger charge is -2.14. The Kier molecular flexibility index (Phi) is 5.82. The molecule has 2 rings (SSSR count). The summed E-state index contributed by atoms with van der Waals surface area (Å²) in [5.41, 5.74) is 8.35. The molecule has 2 unspecified atom stereocenters. The number of nitrogens with two attached hydrogens (primary N) is 1. The summed E-state index contributed by atoms with van der Waals surface area (Å²) < 4.78 is 5.80. The van der Waals surface area contributed by atoms with Gasteiger partial charge < -0.3 is 10.5 Å². The first-order valence-corrected chi connectivity index (χ1v) is 7.67. The van der Waals surface area contributed by atoms with Crippen LogP contribution in [0.15, 0.2) is 54.6 Å². The van der Waals surface area contributed by atoms with Crippen molar-refractivity contribution < 1.29 is 4.74 Å². The van der Waals surface area contributed by atoms with Gasteiger partial charge in [-0.15, -0.1) is 0 Å². The third-order valence-electron chi connectivity index (χ3n) is 3.75. The molecule has 0 saturated heterocycles. The highest BCUT2D eigenvalue weighted by Crippen LogP contribution is 2.23. The highest BCUT2D eigenvalue weighted by atomic mass is 16.5. The molecule has 2 aromatic rings. The standard InChI is InChI=1S/C19H25NO/c1-15(8-9-16(2)20)18-10-12-19(13-11-18)21-14-17-6-4-3-5-7-17/h3-7,10-13,15-16H,8-9,14,20H2,1-2H3. The predicted octanol–water partition coefficient (Wildman–Crippen LogP) is 4.50. The van der Waals surface area contributed by atoms with Crippen LogP contribution in [0.5, 0.6) is 5.75 Å². The summed E-state index contributed by atoms with van der Waals surface area (Å²) >= 11 is 0. The second-order valence-corrected chi connectivity index (χ2v) is 5.80. The van der Waals surface area contributed by atoms with Gasteiger partial charge >= 0.3 is 0 Å². The molecule has 21 heavy (non-hydrogen) atoms. The van der Waals surface area contributed by atoms with E-state index in [-0.39, 0.29) is 6.04 Å². The first-order valence-electron chi connectivity index (χ1n) is 7.67. The Bertz CT molecular complexity index is 519. The van der Waals surface area contributed by atoms with Crippen molar-refractivity contribution in [3.63, 3.8) is 0 Å². The predicted molar refractivity (Wildman–Crippen MR) is 88.5 cm³/mol. The Morgan fingerprint density at radius 2 is 1.57 bits per heavy atom. The monoisotopic (exact) mass is 283 g/mol. The zero-order valence-electron chi connectivity index (χ0n) is 13.0. The molecule has 0 bridgehead atoms. The van der Waals surface area contributed by atoms with E-state index in [2.05, 4.69) is 50.2 Å². The van der Waals surface area contributed by atoms with Crippen LogP contribution in [0.25, 0.3) is 0 Å². The topological polar surface area (TPSA) is 35.2 Å². The Hall–Kier alpha value is -1.80. The maximum atomic E-state index is 5.82. The molecule has 0 aliphatic rings. The van der Waals surface area contributed by atoms with Gasteiger partial charge in [0.05, 0.1) is 0 Å². The van der Waals surface area contributed by atoms with Gasteiger partial charge in [-0.05, 0) is 48.9 Å². The molecular formula is C19H25NO. The van der Waals surface area contributed by atoms with Crippen LogP contribution in [0.4, 0.5) is 0 Å². The van der Waals surface area contributed by atoms with Crippen LogP contribution in [-0.2, 0) is 6.61 Å². The third kappa shape index (κ3) is 5.24. The maximum absolute atomic E-state index is 5.82. The van der Waals surface area contributed by atoms with Crippen molar-refractivity contribution in [1.29, 1.82) is 0 Å². The fraction of sp³-hybridized carbons (Fsp3) is 0.368. The van der Waals surface area contributed by atoms with Crippen molar-refractivity contribution >= 4 is 0 Å². The molecule has 0 fully saturated rings. The number of hydrogen-bond donors (Lipinski definition) is 1. The van der Waals surface area contributed by atoms with Crippen LogP contribution in [0.3, 0.4) is 0 Å². The summed E-state index contributed by atoms with van der Waals surface area (Å²) in [6, 6.07) is 18.9. The first-order chi connectivity index (χ1) is 10.1. The van der Waals surface area contributed by atoms with Crippen LogP contribution in [-0.4, -0.2) is 6.04 Å². The summed E-state index contributed by atoms with van der Waals surface area (Å²) in [6.07, 6.45) is 2.19. The van der Waals surface area contributed by atoms with Crippen LogP contribution in [0, 0.1) is 0 Å².